The van der Waals surface area contributed by atoms with E-state index < -0.39 is 0 Å². The van der Waals surface area contributed by atoms with Crippen molar-refractivity contribution in [1.82, 2.24) is 10.3 Å². The molecule has 0 radical (unpaired) electrons. The van der Waals surface area contributed by atoms with Crippen molar-refractivity contribution in [2.45, 2.75) is 25.3 Å². The Bertz CT molecular complexity index is 510. The van der Waals surface area contributed by atoms with Crippen LogP contribution in [0.4, 0.5) is 0 Å². The number of rotatable bonds is 5. The lowest BCUT2D eigenvalue weighted by Crippen LogP contribution is -2.28. The Labute approximate surface area is 112 Å². The Morgan fingerprint density at radius 2 is 2.42 bits per heavy atom. The largest absolute Gasteiger partial charge is 0.491 e. The molecule has 0 saturated carbocycles. The summed E-state index contributed by atoms with van der Waals surface area (Å²) in [7, 11) is 0. The molecule has 1 atom stereocenters. The summed E-state index contributed by atoms with van der Waals surface area (Å²) in [5.74, 6) is 1.95. The number of nitrogens with one attached hydrogen (secondary N) is 1. The van der Waals surface area contributed by atoms with Crippen LogP contribution in [0.1, 0.15) is 30.2 Å². The van der Waals surface area contributed by atoms with E-state index in [0.717, 1.165) is 24.5 Å². The van der Waals surface area contributed by atoms with Crippen molar-refractivity contribution in [2.24, 2.45) is 0 Å². The lowest BCUT2D eigenvalue weighted by Gasteiger charge is -2.22. The molecule has 0 saturated heterocycles. The Kier molecular flexibility index (Phi) is 3.79. The molecule has 2 heterocycles. The zero-order valence-electron chi connectivity index (χ0n) is 10.8. The lowest BCUT2D eigenvalue weighted by atomic mass is 9.93. The van der Waals surface area contributed by atoms with Crippen LogP contribution in [-0.2, 0) is 6.42 Å². The SMILES string of the molecule is c1cncc(OCCN[C@H]2CCCc3occc32)c1. The van der Waals surface area contributed by atoms with Gasteiger partial charge in [-0.05, 0) is 31.0 Å². The topological polar surface area (TPSA) is 47.3 Å². The van der Waals surface area contributed by atoms with E-state index in [2.05, 4.69) is 16.4 Å². The highest BCUT2D eigenvalue weighted by atomic mass is 16.5. The number of fused-ring (bicyclic) bond motifs is 1. The van der Waals surface area contributed by atoms with Crippen molar-refractivity contribution in [2.75, 3.05) is 13.2 Å². The van der Waals surface area contributed by atoms with Crippen LogP contribution in [0.3, 0.4) is 0 Å². The van der Waals surface area contributed by atoms with Crippen molar-refractivity contribution < 1.29 is 9.15 Å². The molecule has 4 heteroatoms. The van der Waals surface area contributed by atoms with Gasteiger partial charge < -0.3 is 14.5 Å². The van der Waals surface area contributed by atoms with Gasteiger partial charge in [0.05, 0.1) is 12.5 Å². The van der Waals surface area contributed by atoms with E-state index in [1.54, 1.807) is 18.7 Å². The fourth-order valence-electron chi connectivity index (χ4n) is 2.53. The first-order valence-corrected chi connectivity index (χ1v) is 6.76. The van der Waals surface area contributed by atoms with E-state index in [4.69, 9.17) is 9.15 Å². The molecule has 1 aliphatic carbocycles. The zero-order chi connectivity index (χ0) is 12.9. The van der Waals surface area contributed by atoms with Crippen molar-refractivity contribution in [1.29, 1.82) is 0 Å². The molecule has 100 valence electrons. The number of aromatic nitrogens is 1. The van der Waals surface area contributed by atoms with Crippen molar-refractivity contribution in [3.05, 3.63) is 48.2 Å². The van der Waals surface area contributed by atoms with Gasteiger partial charge in [0.2, 0.25) is 0 Å². The monoisotopic (exact) mass is 258 g/mol. The van der Waals surface area contributed by atoms with Gasteiger partial charge in [0, 0.05) is 30.8 Å². The second kappa shape index (κ2) is 5.89. The molecular weight excluding hydrogens is 240 g/mol. The van der Waals surface area contributed by atoms with Crippen LogP contribution in [0.5, 0.6) is 5.75 Å². The van der Waals surface area contributed by atoms with Crippen LogP contribution in [0.2, 0.25) is 0 Å². The van der Waals surface area contributed by atoms with Crippen molar-refractivity contribution in [3.8, 4) is 5.75 Å². The molecular formula is C15H18N2O2. The Morgan fingerprint density at radius 3 is 3.32 bits per heavy atom. The predicted octanol–water partition coefficient (Wildman–Crippen LogP) is 2.72. The maximum atomic E-state index is 5.62. The Morgan fingerprint density at radius 1 is 1.42 bits per heavy atom. The van der Waals surface area contributed by atoms with Gasteiger partial charge in [-0.25, -0.2) is 0 Å². The highest BCUT2D eigenvalue weighted by molar-refractivity contribution is 5.24. The highest BCUT2D eigenvalue weighted by Gasteiger charge is 2.21. The molecule has 0 aromatic carbocycles. The van der Waals surface area contributed by atoms with Gasteiger partial charge in [-0.3, -0.25) is 4.98 Å². The van der Waals surface area contributed by atoms with Gasteiger partial charge in [-0.2, -0.15) is 0 Å². The average Bonchev–Trinajstić information content (AvgIpc) is 2.94. The van der Waals surface area contributed by atoms with Crippen molar-refractivity contribution in [3.63, 3.8) is 0 Å². The molecule has 2 aromatic heterocycles. The van der Waals surface area contributed by atoms with E-state index in [-0.39, 0.29) is 0 Å². The summed E-state index contributed by atoms with van der Waals surface area (Å²) in [5, 5.41) is 3.53. The van der Waals surface area contributed by atoms with E-state index in [1.165, 1.54) is 18.4 Å². The Balaban J connectivity index is 1.46. The summed E-state index contributed by atoms with van der Waals surface area (Å²) < 4.78 is 11.1. The molecule has 4 nitrogen and oxygen atoms in total. The number of aryl methyl sites for hydroxylation is 1. The smallest absolute Gasteiger partial charge is 0.137 e. The van der Waals surface area contributed by atoms with Crippen LogP contribution >= 0.6 is 0 Å². The molecule has 2 aromatic rings. The molecule has 3 rings (SSSR count). The van der Waals surface area contributed by atoms with Gasteiger partial charge in [0.25, 0.3) is 0 Å². The first-order valence-electron chi connectivity index (χ1n) is 6.76. The Hall–Kier alpha value is -1.81. The fourth-order valence-corrected chi connectivity index (χ4v) is 2.53. The molecule has 0 amide bonds. The van der Waals surface area contributed by atoms with Gasteiger partial charge in [0.1, 0.15) is 18.1 Å². The van der Waals surface area contributed by atoms with Crippen molar-refractivity contribution >= 4 is 0 Å². The minimum absolute atomic E-state index is 0.403. The van der Waals surface area contributed by atoms with E-state index in [1.807, 2.05) is 12.1 Å². The van der Waals surface area contributed by atoms with Gasteiger partial charge >= 0.3 is 0 Å². The lowest BCUT2D eigenvalue weighted by molar-refractivity contribution is 0.297. The average molecular weight is 258 g/mol. The first-order chi connectivity index (χ1) is 9.43. The third-order valence-corrected chi connectivity index (χ3v) is 3.45. The van der Waals surface area contributed by atoms with Gasteiger partial charge in [0.15, 0.2) is 0 Å². The minimum atomic E-state index is 0.403. The summed E-state index contributed by atoms with van der Waals surface area (Å²) in [6, 6.07) is 6.28. The second-order valence-corrected chi connectivity index (χ2v) is 4.74. The molecule has 1 N–H and O–H groups in total. The van der Waals surface area contributed by atoms with Crippen LogP contribution in [0.15, 0.2) is 41.3 Å². The van der Waals surface area contributed by atoms with Crippen LogP contribution < -0.4 is 10.1 Å². The standard InChI is InChI=1S/C15H18N2O2/c1-4-14(13-6-9-19-15(13)5-1)17-8-10-18-12-3-2-7-16-11-12/h2-3,6-7,9,11,14,17H,1,4-5,8,10H2/t14-/m0/s1. The molecule has 0 spiro atoms. The molecule has 1 aliphatic rings. The number of nitrogens with zero attached hydrogens (tertiary/aromatic N) is 1. The highest BCUT2D eigenvalue weighted by Crippen LogP contribution is 2.30. The molecule has 0 unspecified atom stereocenters. The normalized spacial score (nSPS) is 18.0. The molecule has 0 fully saturated rings. The quantitative estimate of drug-likeness (QED) is 0.838. The summed E-state index contributed by atoms with van der Waals surface area (Å²) in [5.41, 5.74) is 1.31. The maximum Gasteiger partial charge on any atom is 0.137 e. The summed E-state index contributed by atoms with van der Waals surface area (Å²) in [4.78, 5) is 4.02. The number of furan rings is 1. The third kappa shape index (κ3) is 2.96. The minimum Gasteiger partial charge on any atom is -0.491 e. The zero-order valence-corrected chi connectivity index (χ0v) is 10.8. The fraction of sp³-hybridized carbons (Fsp3) is 0.400. The second-order valence-electron chi connectivity index (χ2n) is 4.74. The van der Waals surface area contributed by atoms with Crippen LogP contribution in [-0.4, -0.2) is 18.1 Å². The molecule has 19 heavy (non-hydrogen) atoms. The number of ether oxygens (including phenoxy) is 1. The first kappa shape index (κ1) is 12.2. The maximum absolute atomic E-state index is 5.62. The molecule has 0 bridgehead atoms. The van der Waals surface area contributed by atoms with Gasteiger partial charge in [-0.15, -0.1) is 0 Å². The van der Waals surface area contributed by atoms with Crippen LogP contribution in [0.25, 0.3) is 0 Å². The summed E-state index contributed by atoms with van der Waals surface area (Å²) in [6.07, 6.45) is 8.67. The third-order valence-electron chi connectivity index (χ3n) is 3.45. The number of pyridine rings is 1. The van der Waals surface area contributed by atoms with E-state index in [0.29, 0.717) is 12.6 Å². The van der Waals surface area contributed by atoms with E-state index in [9.17, 15) is 0 Å². The van der Waals surface area contributed by atoms with Gasteiger partial charge in [-0.1, -0.05) is 0 Å². The predicted molar refractivity (Wildman–Crippen MR) is 72.1 cm³/mol. The van der Waals surface area contributed by atoms with Crippen LogP contribution in [0, 0.1) is 0 Å². The summed E-state index contributed by atoms with van der Waals surface area (Å²) in [6.45, 7) is 1.47. The number of hydrogen-bond acceptors (Lipinski definition) is 4. The number of hydrogen-bond donors (Lipinski definition) is 1. The summed E-state index contributed by atoms with van der Waals surface area (Å²) >= 11 is 0. The van der Waals surface area contributed by atoms with E-state index >= 15 is 0 Å². The molecule has 0 aliphatic heterocycles.